The van der Waals surface area contributed by atoms with Gasteiger partial charge in [-0.2, -0.15) is 0 Å². The highest BCUT2D eigenvalue weighted by Gasteiger charge is 2.24. The van der Waals surface area contributed by atoms with Crippen LogP contribution in [-0.2, 0) is 10.0 Å². The summed E-state index contributed by atoms with van der Waals surface area (Å²) in [6.45, 7) is 3.75. The molecule has 0 bridgehead atoms. The molecule has 0 aliphatic rings. The molecule has 0 aliphatic carbocycles. The zero-order chi connectivity index (χ0) is 17.7. The number of aromatic nitrogens is 2. The van der Waals surface area contributed by atoms with E-state index in [1.165, 1.54) is 18.6 Å². The van der Waals surface area contributed by atoms with E-state index in [1.54, 1.807) is 25.1 Å². The van der Waals surface area contributed by atoms with E-state index in [-0.39, 0.29) is 10.9 Å². The van der Waals surface area contributed by atoms with Crippen LogP contribution >= 0.6 is 0 Å². The van der Waals surface area contributed by atoms with Crippen molar-refractivity contribution in [1.82, 2.24) is 15.3 Å². The minimum absolute atomic E-state index is 0.207. The van der Waals surface area contributed by atoms with Gasteiger partial charge in [0.15, 0.2) is 5.03 Å². The van der Waals surface area contributed by atoms with Crippen molar-refractivity contribution in [2.24, 2.45) is 5.14 Å². The van der Waals surface area contributed by atoms with Gasteiger partial charge in [0.05, 0.1) is 6.04 Å². The van der Waals surface area contributed by atoms with Crippen molar-refractivity contribution < 1.29 is 13.2 Å². The fraction of sp³-hybridized carbons (Fsp3) is 0.312. The predicted octanol–water partition coefficient (Wildman–Crippen LogP) is 1.70. The second kappa shape index (κ2) is 7.50. The van der Waals surface area contributed by atoms with Crippen molar-refractivity contribution in [3.63, 3.8) is 0 Å². The average Bonchev–Trinajstić information content (AvgIpc) is 2.54. The van der Waals surface area contributed by atoms with E-state index in [0.717, 1.165) is 12.0 Å². The number of aryl methyl sites for hydroxylation is 1. The van der Waals surface area contributed by atoms with Crippen molar-refractivity contribution in [2.45, 2.75) is 37.8 Å². The van der Waals surface area contributed by atoms with E-state index >= 15 is 0 Å². The number of carbonyl (C=O) groups is 1. The number of nitrogens with one attached hydrogen (secondary N) is 1. The molecule has 2 aromatic rings. The van der Waals surface area contributed by atoms with Gasteiger partial charge in [0.1, 0.15) is 0 Å². The van der Waals surface area contributed by atoms with Crippen molar-refractivity contribution in [3.8, 4) is 0 Å². The molecule has 2 rings (SSSR count). The molecule has 1 amide bonds. The van der Waals surface area contributed by atoms with Gasteiger partial charge in [0, 0.05) is 29.7 Å². The van der Waals surface area contributed by atoms with Crippen LogP contribution in [0.5, 0.6) is 0 Å². The van der Waals surface area contributed by atoms with Crippen LogP contribution in [0.1, 0.15) is 47.3 Å². The summed E-state index contributed by atoms with van der Waals surface area (Å²) >= 11 is 0. The largest absolute Gasteiger partial charge is 0.345 e. The number of primary sulfonamides is 1. The molecular weight excluding hydrogens is 328 g/mol. The van der Waals surface area contributed by atoms with Crippen molar-refractivity contribution >= 4 is 15.9 Å². The van der Waals surface area contributed by atoms with Gasteiger partial charge in [-0.25, -0.2) is 18.5 Å². The van der Waals surface area contributed by atoms with E-state index in [2.05, 4.69) is 15.3 Å². The van der Waals surface area contributed by atoms with E-state index in [9.17, 15) is 13.2 Å². The third-order valence-electron chi connectivity index (χ3n) is 3.49. The van der Waals surface area contributed by atoms with E-state index < -0.39 is 16.1 Å². The Balaban J connectivity index is 2.41. The molecule has 0 spiro atoms. The van der Waals surface area contributed by atoms with E-state index in [4.69, 9.17) is 5.14 Å². The molecule has 2 aromatic heterocycles. The van der Waals surface area contributed by atoms with Gasteiger partial charge in [0.25, 0.3) is 15.9 Å². The van der Waals surface area contributed by atoms with Crippen LogP contribution in [0.15, 0.2) is 41.8 Å². The lowest BCUT2D eigenvalue weighted by Crippen LogP contribution is -2.30. The van der Waals surface area contributed by atoms with Gasteiger partial charge in [-0.15, -0.1) is 0 Å². The second-order valence-corrected chi connectivity index (χ2v) is 6.98. The molecule has 0 fully saturated rings. The number of nitrogens with two attached hydrogens (primary N) is 1. The lowest BCUT2D eigenvalue weighted by atomic mass is 10.0. The molecule has 128 valence electrons. The predicted molar refractivity (Wildman–Crippen MR) is 89.7 cm³/mol. The first-order valence-electron chi connectivity index (χ1n) is 7.53. The second-order valence-electron chi connectivity index (χ2n) is 5.50. The maximum Gasteiger partial charge on any atom is 0.255 e. The Morgan fingerprint density at radius 1 is 1.33 bits per heavy atom. The topological polar surface area (TPSA) is 115 Å². The summed E-state index contributed by atoms with van der Waals surface area (Å²) in [5.74, 6) is -0.308. The van der Waals surface area contributed by atoms with Crippen molar-refractivity contribution in [1.29, 1.82) is 0 Å². The zero-order valence-corrected chi connectivity index (χ0v) is 14.4. The van der Waals surface area contributed by atoms with Gasteiger partial charge in [0.2, 0.25) is 0 Å². The molecule has 2 heterocycles. The number of rotatable bonds is 6. The standard InChI is InChI=1S/C16H20N4O3S/c1-3-4-14(20-15(21)12-5-7-18-8-6-12)13-9-11(2)10-19-16(13)24(17,22)23/h5-10,14H,3-4H2,1-2H3,(H,20,21)(H2,17,22,23). The number of amides is 1. The van der Waals surface area contributed by atoms with Crippen molar-refractivity contribution in [3.05, 3.63) is 53.5 Å². The Hall–Kier alpha value is -2.32. The third-order valence-corrected chi connectivity index (χ3v) is 4.37. The molecule has 1 atom stereocenters. The molecule has 0 radical (unpaired) electrons. The summed E-state index contributed by atoms with van der Waals surface area (Å²) in [5, 5.41) is 7.93. The first-order valence-corrected chi connectivity index (χ1v) is 9.07. The first-order chi connectivity index (χ1) is 11.3. The number of hydrogen-bond donors (Lipinski definition) is 2. The van der Waals surface area contributed by atoms with Gasteiger partial charge >= 0.3 is 0 Å². The van der Waals surface area contributed by atoms with Gasteiger partial charge in [-0.1, -0.05) is 13.3 Å². The fourth-order valence-electron chi connectivity index (χ4n) is 2.41. The minimum Gasteiger partial charge on any atom is -0.345 e. The maximum absolute atomic E-state index is 12.4. The smallest absolute Gasteiger partial charge is 0.255 e. The van der Waals surface area contributed by atoms with Crippen molar-refractivity contribution in [2.75, 3.05) is 0 Å². The summed E-state index contributed by atoms with van der Waals surface area (Å²) in [6.07, 6.45) is 5.79. The number of sulfonamides is 1. The molecule has 0 saturated heterocycles. The molecule has 0 aromatic carbocycles. The Morgan fingerprint density at radius 2 is 2.00 bits per heavy atom. The molecule has 8 heteroatoms. The van der Waals surface area contributed by atoms with Crippen LogP contribution in [0.3, 0.4) is 0 Å². The Morgan fingerprint density at radius 3 is 2.58 bits per heavy atom. The Labute approximate surface area is 141 Å². The highest BCUT2D eigenvalue weighted by atomic mass is 32.2. The molecule has 0 saturated carbocycles. The van der Waals surface area contributed by atoms with Gasteiger partial charge in [-0.05, 0) is 37.1 Å². The van der Waals surface area contributed by atoms with Crippen LogP contribution in [0.4, 0.5) is 0 Å². The van der Waals surface area contributed by atoms with Gasteiger partial charge in [-0.3, -0.25) is 9.78 Å². The SMILES string of the molecule is CCCC(NC(=O)c1ccncc1)c1cc(C)cnc1S(N)(=O)=O. The van der Waals surface area contributed by atoms with E-state index in [0.29, 0.717) is 17.5 Å². The van der Waals surface area contributed by atoms with Crippen LogP contribution < -0.4 is 10.5 Å². The summed E-state index contributed by atoms with van der Waals surface area (Å²) < 4.78 is 23.6. The Bertz CT molecular complexity index is 822. The number of nitrogens with zero attached hydrogens (tertiary/aromatic N) is 2. The summed E-state index contributed by atoms with van der Waals surface area (Å²) in [5.41, 5.74) is 1.64. The van der Waals surface area contributed by atoms with Crippen LogP contribution in [0, 0.1) is 6.92 Å². The number of pyridine rings is 2. The molecule has 24 heavy (non-hydrogen) atoms. The summed E-state index contributed by atoms with van der Waals surface area (Å²) in [6, 6.07) is 4.37. The van der Waals surface area contributed by atoms with Crippen LogP contribution in [0.2, 0.25) is 0 Å². The lowest BCUT2D eigenvalue weighted by Gasteiger charge is -2.21. The van der Waals surface area contributed by atoms with Crippen LogP contribution in [0.25, 0.3) is 0 Å². The number of hydrogen-bond acceptors (Lipinski definition) is 5. The molecule has 7 nitrogen and oxygen atoms in total. The molecular formula is C16H20N4O3S. The quantitative estimate of drug-likeness (QED) is 0.824. The van der Waals surface area contributed by atoms with E-state index in [1.807, 2.05) is 6.92 Å². The molecule has 0 aliphatic heterocycles. The summed E-state index contributed by atoms with van der Waals surface area (Å²) in [4.78, 5) is 20.2. The van der Waals surface area contributed by atoms with Gasteiger partial charge < -0.3 is 5.32 Å². The lowest BCUT2D eigenvalue weighted by molar-refractivity contribution is 0.0933. The average molecular weight is 348 g/mol. The highest BCUT2D eigenvalue weighted by Crippen LogP contribution is 2.25. The Kier molecular flexibility index (Phi) is 5.63. The number of carbonyl (C=O) groups excluding carboxylic acids is 1. The maximum atomic E-state index is 12.4. The normalized spacial score (nSPS) is 12.6. The van der Waals surface area contributed by atoms with Crippen LogP contribution in [-0.4, -0.2) is 24.3 Å². The third kappa shape index (κ3) is 4.36. The highest BCUT2D eigenvalue weighted by molar-refractivity contribution is 7.89. The molecule has 1 unspecified atom stereocenters. The monoisotopic (exact) mass is 348 g/mol. The molecule has 3 N–H and O–H groups in total. The first kappa shape index (κ1) is 18.0. The zero-order valence-electron chi connectivity index (χ0n) is 13.6. The minimum atomic E-state index is -3.99. The fourth-order valence-corrected chi connectivity index (χ4v) is 3.13. The summed E-state index contributed by atoms with van der Waals surface area (Å²) in [7, 11) is -3.99.